The molecule has 2 N–H and O–H groups in total. The van der Waals surface area contributed by atoms with E-state index in [4.69, 9.17) is 22.0 Å². The number of benzene rings is 1. The highest BCUT2D eigenvalue weighted by Gasteiger charge is 2.12. The van der Waals surface area contributed by atoms with Gasteiger partial charge in [0, 0.05) is 6.20 Å². The summed E-state index contributed by atoms with van der Waals surface area (Å²) >= 11 is 5.91. The standard InChI is InChI=1S/C14H8ClN3O3/c15-10-5-9(14(20)21)2-4-11(10)18-13(19)12-3-1-8(6-16)7-17-12/h1-5,7H,(H,18,19)(H,20,21). The second-order valence-corrected chi connectivity index (χ2v) is 4.41. The Hall–Kier alpha value is -2.91. The number of nitrogens with one attached hydrogen (secondary N) is 1. The topological polar surface area (TPSA) is 103 Å². The number of pyridine rings is 1. The first-order chi connectivity index (χ1) is 10.0. The first kappa shape index (κ1) is 14.5. The lowest BCUT2D eigenvalue weighted by Gasteiger charge is -2.07. The van der Waals surface area contributed by atoms with Crippen LogP contribution in [-0.4, -0.2) is 22.0 Å². The molecule has 0 fully saturated rings. The molecule has 0 radical (unpaired) electrons. The van der Waals surface area contributed by atoms with Crippen molar-refractivity contribution < 1.29 is 14.7 Å². The van der Waals surface area contributed by atoms with Crippen LogP contribution in [0.5, 0.6) is 0 Å². The Bertz CT molecular complexity index is 751. The zero-order valence-corrected chi connectivity index (χ0v) is 11.3. The van der Waals surface area contributed by atoms with Crippen LogP contribution in [0.4, 0.5) is 5.69 Å². The third-order valence-corrected chi connectivity index (χ3v) is 2.90. The summed E-state index contributed by atoms with van der Waals surface area (Å²) in [4.78, 5) is 26.6. The van der Waals surface area contributed by atoms with Crippen molar-refractivity contribution in [3.8, 4) is 6.07 Å². The highest BCUT2D eigenvalue weighted by molar-refractivity contribution is 6.34. The summed E-state index contributed by atoms with van der Waals surface area (Å²) in [6.07, 6.45) is 1.28. The van der Waals surface area contributed by atoms with Crippen LogP contribution >= 0.6 is 11.6 Å². The molecule has 0 saturated carbocycles. The Balaban J connectivity index is 2.19. The molecule has 0 unspecified atom stereocenters. The summed E-state index contributed by atoms with van der Waals surface area (Å²) in [6.45, 7) is 0. The van der Waals surface area contributed by atoms with Gasteiger partial charge < -0.3 is 10.4 Å². The SMILES string of the molecule is N#Cc1ccc(C(=O)Nc2ccc(C(=O)O)cc2Cl)nc1. The lowest BCUT2D eigenvalue weighted by Crippen LogP contribution is -2.14. The van der Waals surface area contributed by atoms with Crippen LogP contribution in [0.1, 0.15) is 26.4 Å². The average molecular weight is 302 g/mol. The minimum absolute atomic E-state index is 0.0227. The summed E-state index contributed by atoms with van der Waals surface area (Å²) in [5, 5.41) is 20.1. The summed E-state index contributed by atoms with van der Waals surface area (Å²) in [5.74, 6) is -1.62. The molecule has 0 aliphatic heterocycles. The number of hydrogen-bond acceptors (Lipinski definition) is 4. The predicted octanol–water partition coefficient (Wildman–Crippen LogP) is 2.56. The fourth-order valence-electron chi connectivity index (χ4n) is 1.53. The van der Waals surface area contributed by atoms with E-state index < -0.39 is 11.9 Å². The fraction of sp³-hybridized carbons (Fsp3) is 0. The minimum atomic E-state index is -1.11. The van der Waals surface area contributed by atoms with Crippen molar-refractivity contribution in [1.82, 2.24) is 4.98 Å². The van der Waals surface area contributed by atoms with Crippen LogP contribution in [-0.2, 0) is 0 Å². The van der Waals surface area contributed by atoms with Gasteiger partial charge in [0.15, 0.2) is 0 Å². The molecule has 0 spiro atoms. The quantitative estimate of drug-likeness (QED) is 0.906. The molecule has 1 amide bonds. The maximum Gasteiger partial charge on any atom is 0.335 e. The molecule has 1 aromatic heterocycles. The smallest absolute Gasteiger partial charge is 0.335 e. The Kier molecular flexibility index (Phi) is 4.16. The van der Waals surface area contributed by atoms with Crippen molar-refractivity contribution in [2.75, 3.05) is 5.32 Å². The van der Waals surface area contributed by atoms with Crippen molar-refractivity contribution in [1.29, 1.82) is 5.26 Å². The van der Waals surface area contributed by atoms with E-state index in [1.165, 1.54) is 36.5 Å². The first-order valence-electron chi connectivity index (χ1n) is 5.71. The molecule has 0 aliphatic carbocycles. The number of amides is 1. The van der Waals surface area contributed by atoms with Gasteiger partial charge in [0.1, 0.15) is 11.8 Å². The van der Waals surface area contributed by atoms with Crippen molar-refractivity contribution in [2.45, 2.75) is 0 Å². The molecule has 0 aliphatic rings. The third-order valence-electron chi connectivity index (χ3n) is 2.59. The molecule has 2 rings (SSSR count). The largest absolute Gasteiger partial charge is 0.478 e. The molecule has 0 atom stereocenters. The Morgan fingerprint density at radius 2 is 2.05 bits per heavy atom. The van der Waals surface area contributed by atoms with Gasteiger partial charge in [-0.25, -0.2) is 9.78 Å². The van der Waals surface area contributed by atoms with Gasteiger partial charge in [-0.2, -0.15) is 5.26 Å². The predicted molar refractivity (Wildman–Crippen MR) is 75.3 cm³/mol. The van der Waals surface area contributed by atoms with E-state index in [2.05, 4.69) is 10.3 Å². The van der Waals surface area contributed by atoms with E-state index in [1.807, 2.05) is 6.07 Å². The number of halogens is 1. The van der Waals surface area contributed by atoms with Crippen LogP contribution in [0.3, 0.4) is 0 Å². The molecule has 1 aromatic carbocycles. The molecular weight excluding hydrogens is 294 g/mol. The van der Waals surface area contributed by atoms with Crippen LogP contribution < -0.4 is 5.32 Å². The first-order valence-corrected chi connectivity index (χ1v) is 6.09. The summed E-state index contributed by atoms with van der Waals surface area (Å²) in [5.41, 5.74) is 0.759. The second-order valence-electron chi connectivity index (χ2n) is 4.00. The van der Waals surface area contributed by atoms with E-state index in [1.54, 1.807) is 0 Å². The molecular formula is C14H8ClN3O3. The molecule has 6 nitrogen and oxygen atoms in total. The second kappa shape index (κ2) is 6.03. The van der Waals surface area contributed by atoms with Crippen LogP contribution in [0, 0.1) is 11.3 Å². The van der Waals surface area contributed by atoms with Crippen LogP contribution in [0.2, 0.25) is 5.02 Å². The van der Waals surface area contributed by atoms with Crippen molar-refractivity contribution in [3.05, 3.63) is 58.4 Å². The number of aromatic carboxylic acids is 1. The summed E-state index contributed by atoms with van der Waals surface area (Å²) < 4.78 is 0. The van der Waals surface area contributed by atoms with E-state index in [-0.39, 0.29) is 22.0 Å². The lowest BCUT2D eigenvalue weighted by molar-refractivity contribution is 0.0696. The zero-order valence-electron chi connectivity index (χ0n) is 10.5. The number of anilines is 1. The molecule has 7 heteroatoms. The number of carbonyl (C=O) groups excluding carboxylic acids is 1. The molecule has 21 heavy (non-hydrogen) atoms. The molecule has 0 bridgehead atoms. The maximum atomic E-state index is 12.0. The van der Waals surface area contributed by atoms with Crippen molar-refractivity contribution >= 4 is 29.2 Å². The summed E-state index contributed by atoms with van der Waals surface area (Å²) in [6, 6.07) is 8.74. The Labute approximate surface area is 124 Å². The number of hydrogen-bond donors (Lipinski definition) is 2. The average Bonchev–Trinajstić information content (AvgIpc) is 2.49. The van der Waals surface area contributed by atoms with E-state index in [9.17, 15) is 9.59 Å². The van der Waals surface area contributed by atoms with Gasteiger partial charge in [0.2, 0.25) is 0 Å². The van der Waals surface area contributed by atoms with Crippen molar-refractivity contribution in [3.63, 3.8) is 0 Å². The molecule has 104 valence electrons. The van der Waals surface area contributed by atoms with E-state index >= 15 is 0 Å². The molecule has 2 aromatic rings. The van der Waals surface area contributed by atoms with Crippen LogP contribution in [0.25, 0.3) is 0 Å². The number of aromatic nitrogens is 1. The van der Waals surface area contributed by atoms with Gasteiger partial charge >= 0.3 is 5.97 Å². The highest BCUT2D eigenvalue weighted by Crippen LogP contribution is 2.23. The normalized spacial score (nSPS) is 9.71. The monoisotopic (exact) mass is 301 g/mol. The highest BCUT2D eigenvalue weighted by atomic mass is 35.5. The number of rotatable bonds is 3. The van der Waals surface area contributed by atoms with E-state index in [0.717, 1.165) is 0 Å². The zero-order chi connectivity index (χ0) is 15.4. The summed E-state index contributed by atoms with van der Waals surface area (Å²) in [7, 11) is 0. The number of carboxylic acids is 1. The number of carbonyl (C=O) groups is 2. The lowest BCUT2D eigenvalue weighted by atomic mass is 10.2. The number of nitriles is 1. The third kappa shape index (κ3) is 3.35. The van der Waals surface area contributed by atoms with Crippen LogP contribution in [0.15, 0.2) is 36.5 Å². The van der Waals surface area contributed by atoms with Gasteiger partial charge in [-0.15, -0.1) is 0 Å². The molecule has 1 heterocycles. The van der Waals surface area contributed by atoms with E-state index in [0.29, 0.717) is 5.56 Å². The van der Waals surface area contributed by atoms with Gasteiger partial charge in [-0.1, -0.05) is 11.6 Å². The van der Waals surface area contributed by atoms with Crippen molar-refractivity contribution in [2.24, 2.45) is 0 Å². The Morgan fingerprint density at radius 3 is 2.57 bits per heavy atom. The van der Waals surface area contributed by atoms with Gasteiger partial charge in [0.25, 0.3) is 5.91 Å². The Morgan fingerprint density at radius 1 is 1.29 bits per heavy atom. The number of carboxylic acid groups (broad SMARTS) is 1. The van der Waals surface area contributed by atoms with Gasteiger partial charge in [-0.3, -0.25) is 4.79 Å². The fourth-order valence-corrected chi connectivity index (χ4v) is 1.76. The number of nitrogens with zero attached hydrogens (tertiary/aromatic N) is 2. The minimum Gasteiger partial charge on any atom is -0.478 e. The van der Waals surface area contributed by atoms with Gasteiger partial charge in [0.05, 0.1) is 21.8 Å². The van der Waals surface area contributed by atoms with Gasteiger partial charge in [-0.05, 0) is 30.3 Å². The molecule has 0 saturated heterocycles. The maximum absolute atomic E-state index is 12.0.